The number of carbonyl (C=O) groups is 1. The molecular weight excluding hydrogens is 268 g/mol. The summed E-state index contributed by atoms with van der Waals surface area (Å²) in [4.78, 5) is 14.0. The van der Waals surface area contributed by atoms with E-state index >= 15 is 0 Å². The molecule has 6 heteroatoms. The Hall–Kier alpha value is -1.46. The Bertz CT molecular complexity index is 469. The third-order valence-corrected chi connectivity index (χ3v) is 3.32. The van der Waals surface area contributed by atoms with Crippen LogP contribution in [0.1, 0.15) is 6.42 Å². The van der Waals surface area contributed by atoms with Gasteiger partial charge in [0.15, 0.2) is 11.5 Å². The summed E-state index contributed by atoms with van der Waals surface area (Å²) in [7, 11) is 0. The standard InChI is InChI=1S/C13H16N2O3.ClH/c14-9-5-6-15(7-9)13(16)12-8-17-10-3-1-2-4-11(10)18-12;/h1-4,9,12H,5-8,14H2;1H/t9-,12?;/m0./s1. The lowest BCUT2D eigenvalue weighted by Crippen LogP contribution is -2.46. The Morgan fingerprint density at radius 1 is 1.32 bits per heavy atom. The maximum absolute atomic E-state index is 12.2. The highest BCUT2D eigenvalue weighted by molar-refractivity contribution is 5.85. The summed E-state index contributed by atoms with van der Waals surface area (Å²) in [5.41, 5.74) is 5.80. The monoisotopic (exact) mass is 284 g/mol. The molecule has 1 aromatic rings. The second-order valence-electron chi connectivity index (χ2n) is 4.70. The number of fused-ring (bicyclic) bond motifs is 1. The third-order valence-electron chi connectivity index (χ3n) is 3.32. The van der Waals surface area contributed by atoms with Crippen molar-refractivity contribution in [3.8, 4) is 11.5 Å². The largest absolute Gasteiger partial charge is 0.485 e. The smallest absolute Gasteiger partial charge is 0.267 e. The molecule has 19 heavy (non-hydrogen) atoms. The van der Waals surface area contributed by atoms with E-state index in [4.69, 9.17) is 15.2 Å². The topological polar surface area (TPSA) is 64.8 Å². The average molecular weight is 285 g/mol. The molecule has 2 atom stereocenters. The van der Waals surface area contributed by atoms with Crippen molar-refractivity contribution < 1.29 is 14.3 Å². The predicted molar refractivity (Wildman–Crippen MR) is 72.8 cm³/mol. The molecule has 0 spiro atoms. The molecular formula is C13H17ClN2O3. The summed E-state index contributed by atoms with van der Waals surface area (Å²) >= 11 is 0. The molecule has 1 unspecified atom stereocenters. The van der Waals surface area contributed by atoms with E-state index in [9.17, 15) is 4.79 Å². The number of rotatable bonds is 1. The van der Waals surface area contributed by atoms with E-state index in [0.29, 0.717) is 24.6 Å². The molecule has 2 heterocycles. The van der Waals surface area contributed by atoms with Crippen molar-refractivity contribution >= 4 is 18.3 Å². The van der Waals surface area contributed by atoms with E-state index in [1.54, 1.807) is 4.90 Å². The van der Waals surface area contributed by atoms with Crippen molar-refractivity contribution in [1.29, 1.82) is 0 Å². The minimum absolute atomic E-state index is 0. The third kappa shape index (κ3) is 2.77. The normalized spacial score (nSPS) is 24.8. The molecule has 1 saturated heterocycles. The minimum Gasteiger partial charge on any atom is -0.485 e. The first-order chi connectivity index (χ1) is 8.74. The van der Waals surface area contributed by atoms with Gasteiger partial charge in [0, 0.05) is 19.1 Å². The van der Waals surface area contributed by atoms with E-state index in [1.807, 2.05) is 24.3 Å². The number of likely N-dealkylation sites (tertiary alicyclic amines) is 1. The van der Waals surface area contributed by atoms with E-state index in [2.05, 4.69) is 0 Å². The molecule has 2 aliphatic heterocycles. The number of halogens is 1. The van der Waals surface area contributed by atoms with Crippen LogP contribution in [0.3, 0.4) is 0 Å². The molecule has 2 aliphatic rings. The lowest BCUT2D eigenvalue weighted by atomic mass is 10.2. The van der Waals surface area contributed by atoms with Gasteiger partial charge in [-0.25, -0.2) is 0 Å². The number of carbonyl (C=O) groups excluding carboxylic acids is 1. The number of para-hydroxylation sites is 2. The van der Waals surface area contributed by atoms with E-state index in [1.165, 1.54) is 0 Å². The zero-order chi connectivity index (χ0) is 12.5. The molecule has 1 fully saturated rings. The van der Waals surface area contributed by atoms with E-state index in [-0.39, 0.29) is 31.0 Å². The van der Waals surface area contributed by atoms with Crippen LogP contribution < -0.4 is 15.2 Å². The molecule has 0 radical (unpaired) electrons. The molecule has 104 valence electrons. The minimum atomic E-state index is -0.551. The molecule has 1 aromatic carbocycles. The molecule has 0 aromatic heterocycles. The second-order valence-corrected chi connectivity index (χ2v) is 4.70. The van der Waals surface area contributed by atoms with Crippen molar-refractivity contribution in [3.63, 3.8) is 0 Å². The fourth-order valence-electron chi connectivity index (χ4n) is 2.33. The maximum Gasteiger partial charge on any atom is 0.267 e. The van der Waals surface area contributed by atoms with Crippen LogP contribution in [0.25, 0.3) is 0 Å². The Labute approximate surface area is 118 Å². The van der Waals surface area contributed by atoms with Crippen molar-refractivity contribution in [2.24, 2.45) is 5.73 Å². The summed E-state index contributed by atoms with van der Waals surface area (Å²) in [5.74, 6) is 1.29. The van der Waals surface area contributed by atoms with Crippen molar-refractivity contribution in [2.75, 3.05) is 19.7 Å². The van der Waals surface area contributed by atoms with Crippen LogP contribution >= 0.6 is 12.4 Å². The lowest BCUT2D eigenvalue weighted by Gasteiger charge is -2.28. The molecule has 1 amide bonds. The number of benzene rings is 1. The number of ether oxygens (including phenoxy) is 2. The van der Waals surface area contributed by atoms with Gasteiger partial charge in [0.05, 0.1) is 0 Å². The van der Waals surface area contributed by atoms with Gasteiger partial charge in [0.1, 0.15) is 6.61 Å². The second kappa shape index (κ2) is 5.67. The Morgan fingerprint density at radius 3 is 2.74 bits per heavy atom. The van der Waals surface area contributed by atoms with Gasteiger partial charge in [0.2, 0.25) is 6.10 Å². The highest BCUT2D eigenvalue weighted by Crippen LogP contribution is 2.31. The fraction of sp³-hybridized carbons (Fsp3) is 0.462. The number of hydrogen-bond donors (Lipinski definition) is 1. The quantitative estimate of drug-likeness (QED) is 0.829. The summed E-state index contributed by atoms with van der Waals surface area (Å²) in [6, 6.07) is 7.47. The van der Waals surface area contributed by atoms with Gasteiger partial charge in [-0.3, -0.25) is 4.79 Å². The summed E-state index contributed by atoms with van der Waals surface area (Å²) in [5, 5.41) is 0. The number of amides is 1. The molecule has 0 saturated carbocycles. The summed E-state index contributed by atoms with van der Waals surface area (Å²) in [6.45, 7) is 1.59. The first kappa shape index (κ1) is 14.0. The zero-order valence-corrected chi connectivity index (χ0v) is 11.3. The summed E-state index contributed by atoms with van der Waals surface area (Å²) < 4.78 is 11.2. The van der Waals surface area contributed by atoms with Crippen LogP contribution in [0.4, 0.5) is 0 Å². The van der Waals surface area contributed by atoms with E-state index < -0.39 is 6.10 Å². The van der Waals surface area contributed by atoms with Gasteiger partial charge < -0.3 is 20.1 Å². The molecule has 5 nitrogen and oxygen atoms in total. The number of nitrogens with two attached hydrogens (primary N) is 1. The highest BCUT2D eigenvalue weighted by Gasteiger charge is 2.33. The van der Waals surface area contributed by atoms with Gasteiger partial charge in [-0.15, -0.1) is 12.4 Å². The Morgan fingerprint density at radius 2 is 2.05 bits per heavy atom. The van der Waals surface area contributed by atoms with Gasteiger partial charge in [-0.2, -0.15) is 0 Å². The maximum atomic E-state index is 12.2. The zero-order valence-electron chi connectivity index (χ0n) is 10.5. The summed E-state index contributed by atoms with van der Waals surface area (Å²) in [6.07, 6.45) is 0.306. The van der Waals surface area contributed by atoms with Crippen LogP contribution in [-0.2, 0) is 4.79 Å². The van der Waals surface area contributed by atoms with Crippen LogP contribution in [-0.4, -0.2) is 42.6 Å². The fourth-order valence-corrected chi connectivity index (χ4v) is 2.33. The highest BCUT2D eigenvalue weighted by atomic mass is 35.5. The first-order valence-electron chi connectivity index (χ1n) is 6.17. The number of hydrogen-bond acceptors (Lipinski definition) is 4. The van der Waals surface area contributed by atoms with Gasteiger partial charge in [0.25, 0.3) is 5.91 Å². The molecule has 3 rings (SSSR count). The molecule has 2 N–H and O–H groups in total. The van der Waals surface area contributed by atoms with Crippen molar-refractivity contribution in [3.05, 3.63) is 24.3 Å². The average Bonchev–Trinajstić information content (AvgIpc) is 2.84. The first-order valence-corrected chi connectivity index (χ1v) is 6.17. The van der Waals surface area contributed by atoms with Gasteiger partial charge in [-0.05, 0) is 18.6 Å². The Balaban J connectivity index is 0.00000133. The predicted octanol–water partition coefficient (Wildman–Crippen LogP) is 0.808. The van der Waals surface area contributed by atoms with Crippen molar-refractivity contribution in [1.82, 2.24) is 4.90 Å². The Kier molecular flexibility index (Phi) is 4.17. The van der Waals surface area contributed by atoms with Crippen LogP contribution in [0.15, 0.2) is 24.3 Å². The van der Waals surface area contributed by atoms with Gasteiger partial charge >= 0.3 is 0 Å². The molecule has 0 aliphatic carbocycles. The molecule has 0 bridgehead atoms. The van der Waals surface area contributed by atoms with Crippen LogP contribution in [0.5, 0.6) is 11.5 Å². The lowest BCUT2D eigenvalue weighted by molar-refractivity contribution is -0.140. The van der Waals surface area contributed by atoms with Crippen molar-refractivity contribution in [2.45, 2.75) is 18.6 Å². The van der Waals surface area contributed by atoms with E-state index in [0.717, 1.165) is 6.42 Å². The van der Waals surface area contributed by atoms with Crippen LogP contribution in [0.2, 0.25) is 0 Å². The number of nitrogens with zero attached hydrogens (tertiary/aromatic N) is 1. The van der Waals surface area contributed by atoms with Crippen LogP contribution in [0, 0.1) is 0 Å². The van der Waals surface area contributed by atoms with Gasteiger partial charge in [-0.1, -0.05) is 12.1 Å². The SMILES string of the molecule is Cl.N[C@H]1CCN(C(=O)C2COc3ccccc3O2)C1.